The number of hydrogen-bond donors (Lipinski definition) is 1. The van der Waals surface area contributed by atoms with Gasteiger partial charge in [-0.2, -0.15) is 0 Å². The highest BCUT2D eigenvalue weighted by atomic mass is 35.5. The summed E-state index contributed by atoms with van der Waals surface area (Å²) in [5.41, 5.74) is 3.11. The fourth-order valence-electron chi connectivity index (χ4n) is 3.32. The molecule has 0 aliphatic carbocycles. The molecule has 2 aromatic rings. The van der Waals surface area contributed by atoms with E-state index in [2.05, 4.69) is 5.32 Å². The van der Waals surface area contributed by atoms with Crippen molar-refractivity contribution in [2.45, 2.75) is 47.2 Å². The standard InChI is InChI=1S/C25H34ClN3O4S/c1-17(2)14-27-25(31)20(5)28(15-21-8-10-22(26)11-9-21)24(30)16-29(34(6,32)33)23-12-7-18(3)19(4)13-23/h7-13,17,20H,14-16H2,1-6H3,(H,27,31). The summed E-state index contributed by atoms with van der Waals surface area (Å²) in [5.74, 6) is -0.527. The Hall–Kier alpha value is -2.58. The summed E-state index contributed by atoms with van der Waals surface area (Å²) in [7, 11) is -3.75. The second-order valence-electron chi connectivity index (χ2n) is 9.00. The van der Waals surface area contributed by atoms with Gasteiger partial charge >= 0.3 is 0 Å². The van der Waals surface area contributed by atoms with Crippen molar-refractivity contribution < 1.29 is 18.0 Å². The Labute approximate surface area is 208 Å². The van der Waals surface area contributed by atoms with Gasteiger partial charge in [-0.15, -0.1) is 0 Å². The van der Waals surface area contributed by atoms with Crippen LogP contribution in [0.2, 0.25) is 5.02 Å². The van der Waals surface area contributed by atoms with Gasteiger partial charge in [0, 0.05) is 18.1 Å². The van der Waals surface area contributed by atoms with Crippen LogP contribution < -0.4 is 9.62 Å². The van der Waals surface area contributed by atoms with Gasteiger partial charge in [-0.3, -0.25) is 13.9 Å². The molecule has 0 aromatic heterocycles. The minimum atomic E-state index is -3.75. The number of carbonyl (C=O) groups excluding carboxylic acids is 2. The second-order valence-corrected chi connectivity index (χ2v) is 11.3. The van der Waals surface area contributed by atoms with E-state index >= 15 is 0 Å². The highest BCUT2D eigenvalue weighted by Gasteiger charge is 2.30. The van der Waals surface area contributed by atoms with Crippen molar-refractivity contribution in [3.05, 3.63) is 64.2 Å². The fourth-order valence-corrected chi connectivity index (χ4v) is 4.28. The van der Waals surface area contributed by atoms with Crippen LogP contribution in [0.15, 0.2) is 42.5 Å². The lowest BCUT2D eigenvalue weighted by Gasteiger charge is -2.31. The molecule has 0 radical (unpaired) electrons. The van der Waals surface area contributed by atoms with Crippen molar-refractivity contribution in [2.75, 3.05) is 23.7 Å². The van der Waals surface area contributed by atoms with Crippen LogP contribution in [-0.2, 0) is 26.2 Å². The zero-order valence-corrected chi connectivity index (χ0v) is 22.2. The monoisotopic (exact) mass is 507 g/mol. The number of benzene rings is 2. The van der Waals surface area contributed by atoms with Crippen LogP contribution in [0.5, 0.6) is 0 Å². The van der Waals surface area contributed by atoms with Gasteiger partial charge in [-0.05, 0) is 67.6 Å². The van der Waals surface area contributed by atoms with E-state index in [1.807, 2.05) is 33.8 Å². The van der Waals surface area contributed by atoms with Gasteiger partial charge in [-0.1, -0.05) is 43.6 Å². The molecule has 0 spiro atoms. The second kappa shape index (κ2) is 11.7. The van der Waals surface area contributed by atoms with E-state index in [-0.39, 0.29) is 18.4 Å². The topological polar surface area (TPSA) is 86.8 Å². The number of rotatable bonds is 10. The number of nitrogens with one attached hydrogen (secondary N) is 1. The number of anilines is 1. The fraction of sp³-hybridized carbons (Fsp3) is 0.440. The Kier molecular flexibility index (Phi) is 9.53. The smallest absolute Gasteiger partial charge is 0.244 e. The molecular formula is C25H34ClN3O4S. The van der Waals surface area contributed by atoms with Crippen LogP contribution in [-0.4, -0.2) is 50.5 Å². The summed E-state index contributed by atoms with van der Waals surface area (Å²) in [6, 6.07) is 11.4. The Morgan fingerprint density at radius 3 is 2.15 bits per heavy atom. The molecule has 0 saturated carbocycles. The van der Waals surface area contributed by atoms with E-state index < -0.39 is 28.5 Å². The molecule has 1 N–H and O–H groups in total. The molecule has 0 aliphatic heterocycles. The lowest BCUT2D eigenvalue weighted by Crippen LogP contribution is -2.51. The summed E-state index contributed by atoms with van der Waals surface area (Å²) >= 11 is 5.99. The SMILES string of the molecule is Cc1ccc(N(CC(=O)N(Cc2ccc(Cl)cc2)C(C)C(=O)NCC(C)C)S(C)(=O)=O)cc1C. The van der Waals surface area contributed by atoms with Crippen LogP contribution in [0.3, 0.4) is 0 Å². The van der Waals surface area contributed by atoms with Crippen molar-refractivity contribution in [3.63, 3.8) is 0 Å². The van der Waals surface area contributed by atoms with Gasteiger partial charge in [0.1, 0.15) is 12.6 Å². The molecule has 2 aromatic carbocycles. The molecule has 0 bridgehead atoms. The van der Waals surface area contributed by atoms with Gasteiger partial charge < -0.3 is 10.2 Å². The van der Waals surface area contributed by atoms with Crippen LogP contribution in [0.1, 0.15) is 37.5 Å². The molecule has 2 rings (SSSR count). The van der Waals surface area contributed by atoms with Crippen molar-refractivity contribution in [2.24, 2.45) is 5.92 Å². The zero-order valence-electron chi connectivity index (χ0n) is 20.6. The van der Waals surface area contributed by atoms with Gasteiger partial charge in [0.15, 0.2) is 0 Å². The molecule has 34 heavy (non-hydrogen) atoms. The third-order valence-electron chi connectivity index (χ3n) is 5.58. The minimum absolute atomic E-state index is 0.136. The maximum Gasteiger partial charge on any atom is 0.244 e. The predicted molar refractivity (Wildman–Crippen MR) is 137 cm³/mol. The number of hydrogen-bond acceptors (Lipinski definition) is 4. The van der Waals surface area contributed by atoms with E-state index in [9.17, 15) is 18.0 Å². The highest BCUT2D eigenvalue weighted by Crippen LogP contribution is 2.22. The van der Waals surface area contributed by atoms with Crippen molar-refractivity contribution in [3.8, 4) is 0 Å². The van der Waals surface area contributed by atoms with Crippen LogP contribution in [0, 0.1) is 19.8 Å². The Morgan fingerprint density at radius 1 is 1.00 bits per heavy atom. The van der Waals surface area contributed by atoms with E-state index in [1.54, 1.807) is 43.3 Å². The van der Waals surface area contributed by atoms with E-state index in [1.165, 1.54) is 4.90 Å². The number of nitrogens with zero attached hydrogens (tertiary/aromatic N) is 2. The van der Waals surface area contributed by atoms with Crippen molar-refractivity contribution >= 4 is 39.1 Å². The molecule has 0 aliphatic rings. The van der Waals surface area contributed by atoms with E-state index in [0.717, 1.165) is 27.3 Å². The lowest BCUT2D eigenvalue weighted by molar-refractivity contribution is -0.139. The lowest BCUT2D eigenvalue weighted by atomic mass is 10.1. The Morgan fingerprint density at radius 2 is 1.62 bits per heavy atom. The quantitative estimate of drug-likeness (QED) is 0.528. The summed E-state index contributed by atoms with van der Waals surface area (Å²) < 4.78 is 26.3. The van der Waals surface area contributed by atoms with Crippen molar-refractivity contribution in [1.29, 1.82) is 0 Å². The Balaban J connectivity index is 2.37. The van der Waals surface area contributed by atoms with Gasteiger partial charge in [-0.25, -0.2) is 8.42 Å². The van der Waals surface area contributed by atoms with Crippen LogP contribution in [0.25, 0.3) is 0 Å². The number of halogens is 1. The normalized spacial score (nSPS) is 12.4. The average Bonchev–Trinajstić information content (AvgIpc) is 2.76. The molecule has 2 amide bonds. The summed E-state index contributed by atoms with van der Waals surface area (Å²) in [6.45, 7) is 9.61. The molecule has 9 heteroatoms. The first kappa shape index (κ1) is 27.7. The molecule has 0 heterocycles. The molecule has 0 saturated heterocycles. The van der Waals surface area contributed by atoms with Crippen LogP contribution in [0.4, 0.5) is 5.69 Å². The number of sulfonamides is 1. The minimum Gasteiger partial charge on any atom is -0.354 e. The summed E-state index contributed by atoms with van der Waals surface area (Å²) in [6.07, 6.45) is 1.07. The molecule has 0 fully saturated rings. The molecule has 186 valence electrons. The first-order chi connectivity index (χ1) is 15.8. The van der Waals surface area contributed by atoms with Gasteiger partial charge in [0.2, 0.25) is 21.8 Å². The molecule has 1 atom stereocenters. The molecule has 7 nitrogen and oxygen atoms in total. The van der Waals surface area contributed by atoms with E-state index in [4.69, 9.17) is 11.6 Å². The van der Waals surface area contributed by atoms with Crippen molar-refractivity contribution in [1.82, 2.24) is 10.2 Å². The first-order valence-corrected chi connectivity index (χ1v) is 13.4. The Bertz CT molecular complexity index is 1120. The molecular weight excluding hydrogens is 474 g/mol. The first-order valence-electron chi connectivity index (χ1n) is 11.2. The molecule has 1 unspecified atom stereocenters. The highest BCUT2D eigenvalue weighted by molar-refractivity contribution is 7.92. The zero-order chi connectivity index (χ0) is 25.6. The van der Waals surface area contributed by atoms with Gasteiger partial charge in [0.05, 0.1) is 11.9 Å². The summed E-state index contributed by atoms with van der Waals surface area (Å²) in [4.78, 5) is 27.7. The van der Waals surface area contributed by atoms with Gasteiger partial charge in [0.25, 0.3) is 0 Å². The predicted octanol–water partition coefficient (Wildman–Crippen LogP) is 3.91. The third kappa shape index (κ3) is 7.74. The third-order valence-corrected chi connectivity index (χ3v) is 6.97. The van der Waals surface area contributed by atoms with Crippen LogP contribution >= 0.6 is 11.6 Å². The number of carbonyl (C=O) groups is 2. The maximum absolute atomic E-state index is 13.5. The summed E-state index contributed by atoms with van der Waals surface area (Å²) in [5, 5.41) is 3.41. The average molecular weight is 508 g/mol. The maximum atomic E-state index is 13.5. The largest absolute Gasteiger partial charge is 0.354 e. The van der Waals surface area contributed by atoms with E-state index in [0.29, 0.717) is 17.3 Å². The number of amides is 2. The number of aryl methyl sites for hydroxylation is 2.